The smallest absolute Gasteiger partial charge is 0.345 e. The molecule has 3 aromatic rings. The monoisotopic (exact) mass is 512 g/mol. The summed E-state index contributed by atoms with van der Waals surface area (Å²) in [5.41, 5.74) is 5.28. The number of halogens is 1. The molecule has 0 radical (unpaired) electrons. The van der Waals surface area contributed by atoms with Crippen molar-refractivity contribution in [3.05, 3.63) is 91.2 Å². The summed E-state index contributed by atoms with van der Waals surface area (Å²) in [5.74, 6) is -1.11. The summed E-state index contributed by atoms with van der Waals surface area (Å²) >= 11 is 3.33. The maximum atomic E-state index is 12.3. The number of nitro benzene ring substituents is 1. The minimum absolute atomic E-state index is 0.107. The van der Waals surface area contributed by atoms with Crippen molar-refractivity contribution in [1.29, 1.82) is 0 Å². The fourth-order valence-electron chi connectivity index (χ4n) is 3.37. The molecule has 1 N–H and O–H groups in total. The molecule has 0 saturated heterocycles. The zero-order chi connectivity index (χ0) is 24.1. The van der Waals surface area contributed by atoms with Crippen LogP contribution in [0.5, 0.6) is 0 Å². The van der Waals surface area contributed by atoms with Gasteiger partial charge in [0.1, 0.15) is 5.56 Å². The van der Waals surface area contributed by atoms with Crippen LogP contribution in [0.1, 0.15) is 44.6 Å². The average Bonchev–Trinajstić information content (AvgIpc) is 3.06. The molecule has 33 heavy (non-hydrogen) atoms. The number of hydrogen-bond donors (Lipinski definition) is 1. The van der Waals surface area contributed by atoms with E-state index in [1.54, 1.807) is 35.8 Å². The molecule has 170 valence electrons. The Hall–Kier alpha value is -3.79. The average molecular weight is 513 g/mol. The van der Waals surface area contributed by atoms with Gasteiger partial charge in [0, 0.05) is 27.5 Å². The van der Waals surface area contributed by atoms with E-state index in [1.807, 2.05) is 26.0 Å². The SMILES string of the molecule is CCOC(=O)c1ccc(-n2c(C)cc(/C=N\NC(=O)c3ccccc3Br)c2C)cc1[N+](=O)[O-]. The molecule has 0 spiro atoms. The lowest BCUT2D eigenvalue weighted by molar-refractivity contribution is -0.385. The quantitative estimate of drug-likeness (QED) is 0.213. The largest absolute Gasteiger partial charge is 0.462 e. The van der Waals surface area contributed by atoms with E-state index in [0.717, 1.165) is 17.0 Å². The molecule has 0 saturated carbocycles. The number of nitrogens with one attached hydrogen (secondary N) is 1. The van der Waals surface area contributed by atoms with Gasteiger partial charge in [-0.25, -0.2) is 10.2 Å². The highest BCUT2D eigenvalue weighted by Crippen LogP contribution is 2.27. The van der Waals surface area contributed by atoms with E-state index in [1.165, 1.54) is 18.3 Å². The number of hydrogen-bond acceptors (Lipinski definition) is 6. The first-order chi connectivity index (χ1) is 15.7. The van der Waals surface area contributed by atoms with E-state index in [-0.39, 0.29) is 23.8 Å². The second-order valence-electron chi connectivity index (χ2n) is 7.02. The van der Waals surface area contributed by atoms with Crippen LogP contribution in [-0.2, 0) is 4.74 Å². The molecule has 10 heteroatoms. The van der Waals surface area contributed by atoms with Crippen LogP contribution in [0.15, 0.2) is 58.1 Å². The molecule has 0 unspecified atom stereocenters. The van der Waals surface area contributed by atoms with Crippen LogP contribution >= 0.6 is 15.9 Å². The summed E-state index contributed by atoms with van der Waals surface area (Å²) in [5, 5.41) is 15.6. The minimum atomic E-state index is -0.745. The Labute approximate surface area is 198 Å². The normalized spacial score (nSPS) is 10.9. The third-order valence-electron chi connectivity index (χ3n) is 4.89. The van der Waals surface area contributed by atoms with Crippen LogP contribution in [0.2, 0.25) is 0 Å². The number of carbonyl (C=O) groups is 2. The van der Waals surface area contributed by atoms with Crippen LogP contribution in [0.3, 0.4) is 0 Å². The summed E-state index contributed by atoms with van der Waals surface area (Å²) < 4.78 is 7.37. The molecule has 0 atom stereocenters. The predicted octanol–water partition coefficient (Wildman–Crippen LogP) is 4.71. The van der Waals surface area contributed by atoms with Gasteiger partial charge in [0.05, 0.1) is 29.0 Å². The zero-order valence-electron chi connectivity index (χ0n) is 18.2. The van der Waals surface area contributed by atoms with Gasteiger partial charge in [-0.3, -0.25) is 14.9 Å². The van der Waals surface area contributed by atoms with Crippen molar-refractivity contribution in [3.8, 4) is 5.69 Å². The number of aromatic nitrogens is 1. The molecule has 1 heterocycles. The number of aryl methyl sites for hydroxylation is 1. The topological polar surface area (TPSA) is 116 Å². The summed E-state index contributed by atoms with van der Waals surface area (Å²) in [6.07, 6.45) is 1.51. The maximum Gasteiger partial charge on any atom is 0.345 e. The first-order valence-electron chi connectivity index (χ1n) is 9.97. The molecule has 3 rings (SSSR count). The number of ether oxygens (including phenoxy) is 1. The first-order valence-corrected chi connectivity index (χ1v) is 10.8. The van der Waals surface area contributed by atoms with Gasteiger partial charge in [0.25, 0.3) is 11.6 Å². The van der Waals surface area contributed by atoms with Crippen molar-refractivity contribution in [2.45, 2.75) is 20.8 Å². The maximum absolute atomic E-state index is 12.3. The highest BCUT2D eigenvalue weighted by Gasteiger charge is 2.23. The number of esters is 1. The van der Waals surface area contributed by atoms with Crippen molar-refractivity contribution >= 4 is 39.7 Å². The van der Waals surface area contributed by atoms with Crippen molar-refractivity contribution in [2.24, 2.45) is 5.10 Å². The Kier molecular flexibility index (Phi) is 7.39. The molecule has 2 aromatic carbocycles. The lowest BCUT2D eigenvalue weighted by atomic mass is 10.1. The Bertz CT molecular complexity index is 1270. The summed E-state index contributed by atoms with van der Waals surface area (Å²) in [6.45, 7) is 5.42. The Morgan fingerprint density at radius 3 is 2.58 bits per heavy atom. The molecule has 0 aliphatic rings. The fourth-order valence-corrected chi connectivity index (χ4v) is 3.84. The van der Waals surface area contributed by atoms with Crippen LogP contribution in [-0.4, -0.2) is 34.2 Å². The van der Waals surface area contributed by atoms with Gasteiger partial charge in [-0.2, -0.15) is 5.10 Å². The van der Waals surface area contributed by atoms with Crippen LogP contribution in [0, 0.1) is 24.0 Å². The van der Waals surface area contributed by atoms with E-state index in [2.05, 4.69) is 26.5 Å². The van der Waals surface area contributed by atoms with Gasteiger partial charge in [0.15, 0.2) is 0 Å². The second kappa shape index (κ2) is 10.2. The van der Waals surface area contributed by atoms with Crippen LogP contribution < -0.4 is 5.43 Å². The molecule has 1 aromatic heterocycles. The Balaban J connectivity index is 1.89. The molecular formula is C23H21BrN4O5. The van der Waals surface area contributed by atoms with E-state index >= 15 is 0 Å². The summed E-state index contributed by atoms with van der Waals surface area (Å²) in [6, 6.07) is 13.2. The molecule has 0 aliphatic heterocycles. The molecule has 0 fully saturated rings. The van der Waals surface area contributed by atoms with Gasteiger partial charge < -0.3 is 9.30 Å². The third kappa shape index (κ3) is 5.17. The molecule has 1 amide bonds. The van der Waals surface area contributed by atoms with Crippen LogP contribution in [0.4, 0.5) is 5.69 Å². The van der Waals surface area contributed by atoms with Gasteiger partial charge in [-0.05, 0) is 67.0 Å². The number of hydrazone groups is 1. The lowest BCUT2D eigenvalue weighted by Crippen LogP contribution is -2.18. The van der Waals surface area contributed by atoms with Gasteiger partial charge in [0.2, 0.25) is 0 Å². The first kappa shape index (κ1) is 23.9. The van der Waals surface area contributed by atoms with Gasteiger partial charge in [-0.1, -0.05) is 12.1 Å². The predicted molar refractivity (Wildman–Crippen MR) is 127 cm³/mol. The van der Waals surface area contributed by atoms with Gasteiger partial charge in [-0.15, -0.1) is 0 Å². The Morgan fingerprint density at radius 1 is 1.18 bits per heavy atom. The lowest BCUT2D eigenvalue weighted by Gasteiger charge is -2.11. The number of nitro groups is 1. The van der Waals surface area contributed by atoms with E-state index in [4.69, 9.17) is 4.74 Å². The fraction of sp³-hybridized carbons (Fsp3) is 0.174. The molecule has 0 bridgehead atoms. The molecular weight excluding hydrogens is 492 g/mol. The van der Waals surface area contributed by atoms with E-state index < -0.39 is 10.9 Å². The number of rotatable bonds is 7. The number of carbonyl (C=O) groups excluding carboxylic acids is 2. The third-order valence-corrected chi connectivity index (χ3v) is 5.58. The zero-order valence-corrected chi connectivity index (χ0v) is 19.8. The minimum Gasteiger partial charge on any atom is -0.462 e. The highest BCUT2D eigenvalue weighted by atomic mass is 79.9. The summed E-state index contributed by atoms with van der Waals surface area (Å²) in [7, 11) is 0. The van der Waals surface area contributed by atoms with E-state index in [0.29, 0.717) is 15.7 Å². The van der Waals surface area contributed by atoms with Crippen molar-refractivity contribution in [3.63, 3.8) is 0 Å². The second-order valence-corrected chi connectivity index (χ2v) is 7.87. The molecule has 9 nitrogen and oxygen atoms in total. The number of amides is 1. The number of benzene rings is 2. The van der Waals surface area contributed by atoms with Gasteiger partial charge >= 0.3 is 5.97 Å². The Morgan fingerprint density at radius 2 is 1.91 bits per heavy atom. The summed E-state index contributed by atoms with van der Waals surface area (Å²) in [4.78, 5) is 35.3. The van der Waals surface area contributed by atoms with Crippen LogP contribution in [0.25, 0.3) is 5.69 Å². The standard InChI is InChI=1S/C23H21BrN4O5/c1-4-33-23(30)19-10-9-17(12-21(19)28(31)32)27-14(2)11-16(15(27)3)13-25-26-22(29)18-7-5-6-8-20(18)24/h5-13H,4H2,1-3H3,(H,26,29)/b25-13-. The number of nitrogens with zero attached hydrogens (tertiary/aromatic N) is 3. The van der Waals surface area contributed by atoms with E-state index in [9.17, 15) is 19.7 Å². The van der Waals surface area contributed by atoms with Crippen molar-refractivity contribution in [1.82, 2.24) is 9.99 Å². The molecule has 0 aliphatic carbocycles. The van der Waals surface area contributed by atoms with Crippen molar-refractivity contribution < 1.29 is 19.2 Å². The highest BCUT2D eigenvalue weighted by molar-refractivity contribution is 9.10. The van der Waals surface area contributed by atoms with Crippen molar-refractivity contribution in [2.75, 3.05) is 6.61 Å².